The van der Waals surface area contributed by atoms with Gasteiger partial charge in [0.2, 0.25) is 0 Å². The quantitative estimate of drug-likeness (QED) is 0.0762. The van der Waals surface area contributed by atoms with Gasteiger partial charge in [-0.05, 0) is 65.0 Å². The lowest BCUT2D eigenvalue weighted by Crippen LogP contribution is -2.44. The Morgan fingerprint density at radius 1 is 1.14 bits per heavy atom. The lowest BCUT2D eigenvalue weighted by molar-refractivity contribution is -0.139. The lowest BCUT2D eigenvalue weighted by Gasteiger charge is -2.27. The molecule has 2 N–H and O–H groups in total. The third-order valence-corrected chi connectivity index (χ3v) is 6.81. The van der Waals surface area contributed by atoms with Crippen molar-refractivity contribution in [2.75, 3.05) is 33.8 Å². The highest BCUT2D eigenvalue weighted by atomic mass is 35.5. The second kappa shape index (κ2) is 21.8. The molecule has 8 heteroatoms. The van der Waals surface area contributed by atoms with Gasteiger partial charge in [-0.1, -0.05) is 96.1 Å². The van der Waals surface area contributed by atoms with Gasteiger partial charge >= 0.3 is 5.97 Å². The maximum absolute atomic E-state index is 11.1. The Labute approximate surface area is 262 Å². The van der Waals surface area contributed by atoms with Crippen LogP contribution in [-0.2, 0) is 9.53 Å². The van der Waals surface area contributed by atoms with Crippen molar-refractivity contribution in [3.8, 4) is 0 Å². The van der Waals surface area contributed by atoms with Gasteiger partial charge in [-0.15, -0.1) is 0 Å². The van der Waals surface area contributed by atoms with Gasteiger partial charge in [0.15, 0.2) is 0 Å². The molecule has 1 aliphatic carbocycles. The Balaban J connectivity index is 3.00. The SMILES string of the molecule is CC=CC(/C=C\C(C)C(=O)O)COC1C=CC=C(CC(NC)C(=NC/C=C(Cl)/C=C(Cl)\C=C/C)N(C)C/C=C/C)C=C1. The summed E-state index contributed by atoms with van der Waals surface area (Å²) in [6.07, 6.45) is 29.7. The molecule has 0 saturated carbocycles. The predicted molar refractivity (Wildman–Crippen MR) is 180 cm³/mol. The van der Waals surface area contributed by atoms with Gasteiger partial charge < -0.3 is 20.1 Å². The smallest absolute Gasteiger partial charge is 0.310 e. The Kier molecular flexibility index (Phi) is 19.2. The largest absolute Gasteiger partial charge is 0.481 e. The van der Waals surface area contributed by atoms with Crippen molar-refractivity contribution in [1.29, 1.82) is 0 Å². The number of carboxylic acids is 1. The number of rotatable bonds is 17. The standard InChI is InChI=1S/C34H47Cl2N3O3/c1-7-10-22-39(6)33(38-21-20-30(36)24-29(35)13-9-3)32(37-5)23-27-14-11-15-31(19-18-27)42-25-28(12-8-2)17-16-26(4)34(40)41/h7-20,24,26,28,31-32,37H,21-23,25H2,1-6H3,(H,40,41)/b10-7+,12-8?,13-9-,17-16-,29-24+,30-20-,38-33?. The first-order valence-electron chi connectivity index (χ1n) is 14.3. The molecule has 0 spiro atoms. The Morgan fingerprint density at radius 2 is 1.90 bits per heavy atom. The van der Waals surface area contributed by atoms with Crippen LogP contribution in [0.25, 0.3) is 0 Å². The van der Waals surface area contributed by atoms with E-state index < -0.39 is 11.9 Å². The molecular formula is C34H47Cl2N3O3. The van der Waals surface area contributed by atoms with Crippen LogP contribution in [0.3, 0.4) is 0 Å². The molecule has 0 aromatic rings. The maximum atomic E-state index is 11.1. The van der Waals surface area contributed by atoms with Crippen molar-refractivity contribution in [2.24, 2.45) is 16.8 Å². The minimum atomic E-state index is -0.844. The number of carbonyl (C=O) groups is 1. The molecule has 0 aromatic carbocycles. The summed E-state index contributed by atoms with van der Waals surface area (Å²) in [5.41, 5.74) is 1.14. The summed E-state index contributed by atoms with van der Waals surface area (Å²) < 4.78 is 6.15. The van der Waals surface area contributed by atoms with Gasteiger partial charge in [-0.2, -0.15) is 0 Å². The molecule has 0 bridgehead atoms. The van der Waals surface area contributed by atoms with Crippen LogP contribution >= 0.6 is 23.2 Å². The van der Waals surface area contributed by atoms with Gasteiger partial charge in [-0.3, -0.25) is 9.79 Å². The normalized spacial score (nSPS) is 19.2. The van der Waals surface area contributed by atoms with Crippen LogP contribution in [0.15, 0.2) is 112 Å². The van der Waals surface area contributed by atoms with E-state index in [1.807, 2.05) is 89.6 Å². The molecule has 4 atom stereocenters. The number of ether oxygens (including phenoxy) is 1. The second-order valence-electron chi connectivity index (χ2n) is 9.80. The summed E-state index contributed by atoms with van der Waals surface area (Å²) in [4.78, 5) is 18.2. The number of aliphatic carboxylic acids is 1. The Bertz CT molecular complexity index is 1140. The van der Waals surface area contributed by atoms with Crippen molar-refractivity contribution in [1.82, 2.24) is 10.2 Å². The number of hydrogen-bond acceptors (Lipinski definition) is 4. The topological polar surface area (TPSA) is 74.2 Å². The number of nitrogens with zero attached hydrogens (tertiary/aromatic N) is 2. The van der Waals surface area contributed by atoms with E-state index in [-0.39, 0.29) is 18.1 Å². The number of carboxylic acid groups (broad SMARTS) is 1. The number of aliphatic imine (C=N–C) groups is 1. The fourth-order valence-electron chi connectivity index (χ4n) is 3.95. The van der Waals surface area contributed by atoms with Crippen LogP contribution in [0.1, 0.15) is 34.1 Å². The zero-order chi connectivity index (χ0) is 31.3. The van der Waals surface area contributed by atoms with Crippen LogP contribution in [0.5, 0.6) is 0 Å². The predicted octanol–water partition coefficient (Wildman–Crippen LogP) is 7.60. The first-order valence-corrected chi connectivity index (χ1v) is 15.0. The summed E-state index contributed by atoms with van der Waals surface area (Å²) in [6, 6.07) is -0.0308. The van der Waals surface area contributed by atoms with E-state index >= 15 is 0 Å². The van der Waals surface area contributed by atoms with Crippen molar-refractivity contribution in [3.63, 3.8) is 0 Å². The third kappa shape index (κ3) is 15.4. The van der Waals surface area contributed by atoms with Gasteiger partial charge in [-0.25, -0.2) is 0 Å². The summed E-state index contributed by atoms with van der Waals surface area (Å²) in [6.45, 7) is 9.10. The fourth-order valence-corrected chi connectivity index (χ4v) is 4.43. The number of amidine groups is 1. The molecule has 1 rings (SSSR count). The van der Waals surface area contributed by atoms with E-state index in [9.17, 15) is 4.79 Å². The van der Waals surface area contributed by atoms with Crippen LogP contribution in [0.4, 0.5) is 0 Å². The number of halogens is 2. The van der Waals surface area contributed by atoms with E-state index in [1.165, 1.54) is 0 Å². The highest BCUT2D eigenvalue weighted by molar-refractivity contribution is 6.35. The van der Waals surface area contributed by atoms with Gasteiger partial charge in [0.25, 0.3) is 0 Å². The summed E-state index contributed by atoms with van der Waals surface area (Å²) in [7, 11) is 3.97. The van der Waals surface area contributed by atoms with Gasteiger partial charge in [0.05, 0.1) is 31.2 Å². The molecule has 0 heterocycles. The Hall–Kier alpha value is -2.90. The van der Waals surface area contributed by atoms with Crippen molar-refractivity contribution < 1.29 is 14.6 Å². The number of nitrogens with one attached hydrogen (secondary N) is 1. The molecule has 230 valence electrons. The highest BCUT2D eigenvalue weighted by Crippen LogP contribution is 2.17. The first-order chi connectivity index (χ1) is 20.1. The summed E-state index contributed by atoms with van der Waals surface area (Å²) >= 11 is 12.5. The molecule has 0 radical (unpaired) electrons. The molecular weight excluding hydrogens is 569 g/mol. The molecule has 42 heavy (non-hydrogen) atoms. The van der Waals surface area contributed by atoms with E-state index in [0.29, 0.717) is 23.2 Å². The molecule has 0 aromatic heterocycles. The van der Waals surface area contributed by atoms with Gasteiger partial charge in [0, 0.05) is 29.6 Å². The van der Waals surface area contributed by atoms with E-state index in [0.717, 1.165) is 24.4 Å². The molecule has 0 aliphatic heterocycles. The lowest BCUT2D eigenvalue weighted by atomic mass is 10.0. The molecule has 4 unspecified atom stereocenters. The average molecular weight is 617 g/mol. The van der Waals surface area contributed by atoms with Crippen LogP contribution in [0, 0.1) is 11.8 Å². The van der Waals surface area contributed by atoms with Crippen LogP contribution in [0.2, 0.25) is 0 Å². The Morgan fingerprint density at radius 3 is 2.55 bits per heavy atom. The van der Waals surface area contributed by atoms with Crippen molar-refractivity contribution >= 4 is 35.0 Å². The van der Waals surface area contributed by atoms with Gasteiger partial charge in [0.1, 0.15) is 5.84 Å². The monoisotopic (exact) mass is 615 g/mol. The van der Waals surface area contributed by atoms with E-state index in [1.54, 1.807) is 25.2 Å². The number of likely N-dealkylation sites (N-methyl/N-ethyl adjacent to an activating group) is 2. The van der Waals surface area contributed by atoms with Crippen LogP contribution in [-0.4, -0.2) is 67.7 Å². The minimum absolute atomic E-state index is 0.00777. The average Bonchev–Trinajstić information content (AvgIpc) is 3.19. The third-order valence-electron chi connectivity index (χ3n) is 6.32. The molecule has 6 nitrogen and oxygen atoms in total. The minimum Gasteiger partial charge on any atom is -0.481 e. The summed E-state index contributed by atoms with van der Waals surface area (Å²) in [5, 5.41) is 13.7. The number of hydrogen-bond donors (Lipinski definition) is 2. The van der Waals surface area contributed by atoms with Crippen molar-refractivity contribution in [3.05, 3.63) is 107 Å². The van der Waals surface area contributed by atoms with Crippen molar-refractivity contribution in [2.45, 2.75) is 46.3 Å². The number of allylic oxidation sites excluding steroid dienone is 10. The zero-order valence-corrected chi connectivity index (χ0v) is 27.2. The summed E-state index contributed by atoms with van der Waals surface area (Å²) in [5.74, 6) is -0.471. The van der Waals surface area contributed by atoms with Crippen LogP contribution < -0.4 is 5.32 Å². The molecule has 1 aliphatic rings. The van der Waals surface area contributed by atoms with E-state index in [2.05, 4.69) is 28.4 Å². The maximum Gasteiger partial charge on any atom is 0.310 e. The molecule has 0 saturated heterocycles. The fraction of sp³-hybridized carbons (Fsp3) is 0.412. The zero-order valence-electron chi connectivity index (χ0n) is 25.7. The highest BCUT2D eigenvalue weighted by Gasteiger charge is 2.19. The van der Waals surface area contributed by atoms with E-state index in [4.69, 9.17) is 38.0 Å². The molecule has 0 fully saturated rings. The first kappa shape index (κ1) is 37.1. The molecule has 0 amide bonds. The second-order valence-corrected chi connectivity index (χ2v) is 10.7.